The largest absolute Gasteiger partial charge is 0.457 e. The van der Waals surface area contributed by atoms with Crippen LogP contribution in [-0.4, -0.2) is 11.3 Å². The van der Waals surface area contributed by atoms with Gasteiger partial charge in [-0.3, -0.25) is 0 Å². The Labute approximate surface area is 102 Å². The third-order valence-electron chi connectivity index (χ3n) is 2.44. The van der Waals surface area contributed by atoms with Crippen LogP contribution >= 0.6 is 0 Å². The van der Waals surface area contributed by atoms with Crippen LogP contribution in [0.2, 0.25) is 0 Å². The lowest BCUT2D eigenvalue weighted by atomic mass is 10.0. The first kappa shape index (κ1) is 12.5. The molecule has 0 saturated carbocycles. The maximum Gasteiger partial charge on any atom is 0.457 e. The Hall–Kier alpha value is -1.99. The summed E-state index contributed by atoms with van der Waals surface area (Å²) in [6, 6.07) is 12.3. The van der Waals surface area contributed by atoms with Crippen molar-refractivity contribution < 1.29 is 18.3 Å². The summed E-state index contributed by atoms with van der Waals surface area (Å²) in [5.41, 5.74) is 0.352. The first-order valence-electron chi connectivity index (χ1n) is 5.22. The molecule has 2 aromatic rings. The van der Waals surface area contributed by atoms with Gasteiger partial charge in [-0.2, -0.15) is 13.2 Å². The Morgan fingerprint density at radius 3 is 2.33 bits per heavy atom. The molecular weight excluding hydrogens is 241 g/mol. The van der Waals surface area contributed by atoms with E-state index in [0.717, 1.165) is 16.7 Å². The summed E-state index contributed by atoms with van der Waals surface area (Å²) in [5.74, 6) is 2.85. The Bertz CT molecular complexity index is 620. The summed E-state index contributed by atoms with van der Waals surface area (Å²) >= 11 is 0. The van der Waals surface area contributed by atoms with E-state index in [1.165, 1.54) is 0 Å². The van der Waals surface area contributed by atoms with Gasteiger partial charge in [0.2, 0.25) is 0 Å². The van der Waals surface area contributed by atoms with Crippen molar-refractivity contribution in [3.05, 3.63) is 48.0 Å². The summed E-state index contributed by atoms with van der Waals surface area (Å²) in [4.78, 5) is 0. The molecule has 2 aromatic carbocycles. The molecule has 0 amide bonds. The molecule has 0 radical (unpaired) electrons. The zero-order valence-electron chi connectivity index (χ0n) is 9.20. The van der Waals surface area contributed by atoms with Crippen molar-refractivity contribution in [1.29, 1.82) is 0 Å². The van der Waals surface area contributed by atoms with E-state index in [1.807, 2.05) is 24.3 Å². The molecule has 0 aliphatic carbocycles. The van der Waals surface area contributed by atoms with Crippen LogP contribution in [0.1, 0.15) is 11.7 Å². The zero-order valence-corrected chi connectivity index (χ0v) is 9.20. The normalized spacial score (nSPS) is 12.9. The van der Waals surface area contributed by atoms with Crippen LogP contribution < -0.4 is 0 Å². The summed E-state index contributed by atoms with van der Waals surface area (Å²) in [5, 5.41) is 11.4. The number of aliphatic hydroxyl groups excluding tert-OH is 1. The fraction of sp³-hybridized carbons (Fsp3) is 0.143. The van der Waals surface area contributed by atoms with Crippen LogP contribution in [0.5, 0.6) is 0 Å². The molecular formula is C14H9F3O. The molecule has 92 valence electrons. The Morgan fingerprint density at radius 1 is 1.00 bits per heavy atom. The summed E-state index contributed by atoms with van der Waals surface area (Å²) < 4.78 is 35.7. The topological polar surface area (TPSA) is 20.2 Å². The molecule has 1 atom stereocenters. The van der Waals surface area contributed by atoms with Gasteiger partial charge in [-0.05, 0) is 22.4 Å². The average molecular weight is 250 g/mol. The lowest BCUT2D eigenvalue weighted by Crippen LogP contribution is -2.03. The molecule has 4 heteroatoms. The number of hydrogen-bond acceptors (Lipinski definition) is 1. The van der Waals surface area contributed by atoms with Gasteiger partial charge < -0.3 is 5.11 Å². The highest BCUT2D eigenvalue weighted by Crippen LogP contribution is 2.21. The predicted molar refractivity (Wildman–Crippen MR) is 62.7 cm³/mol. The Balaban J connectivity index is 2.33. The Morgan fingerprint density at radius 2 is 1.67 bits per heavy atom. The molecule has 0 fully saturated rings. The summed E-state index contributed by atoms with van der Waals surface area (Å²) in [6.45, 7) is 0. The molecule has 18 heavy (non-hydrogen) atoms. The SMILES string of the molecule is OC(C#CC(F)(F)F)c1ccc2ccccc2c1. The molecule has 0 saturated heterocycles. The van der Waals surface area contributed by atoms with Gasteiger partial charge >= 0.3 is 6.18 Å². The number of fused-ring (bicyclic) bond motifs is 1. The monoisotopic (exact) mass is 250 g/mol. The van der Waals surface area contributed by atoms with Gasteiger partial charge in [0.15, 0.2) is 0 Å². The van der Waals surface area contributed by atoms with Crippen LogP contribution in [-0.2, 0) is 0 Å². The van der Waals surface area contributed by atoms with Gasteiger partial charge in [0.25, 0.3) is 0 Å². The van der Waals surface area contributed by atoms with Gasteiger partial charge in [-0.25, -0.2) is 0 Å². The molecule has 0 spiro atoms. The van der Waals surface area contributed by atoms with Crippen molar-refractivity contribution >= 4 is 10.8 Å². The van der Waals surface area contributed by atoms with Gasteiger partial charge in [-0.15, -0.1) is 0 Å². The lowest BCUT2D eigenvalue weighted by molar-refractivity contribution is -0.0700. The van der Waals surface area contributed by atoms with Crippen molar-refractivity contribution in [2.24, 2.45) is 0 Å². The molecule has 1 unspecified atom stereocenters. The maximum atomic E-state index is 11.9. The van der Waals surface area contributed by atoms with E-state index in [0.29, 0.717) is 5.56 Å². The molecule has 0 heterocycles. The van der Waals surface area contributed by atoms with Gasteiger partial charge in [0, 0.05) is 5.92 Å². The summed E-state index contributed by atoms with van der Waals surface area (Å²) in [6.07, 6.45) is -6.02. The smallest absolute Gasteiger partial charge is 0.376 e. The van der Waals surface area contributed by atoms with Crippen LogP contribution in [0.25, 0.3) is 10.8 Å². The van der Waals surface area contributed by atoms with Crippen LogP contribution in [0, 0.1) is 11.8 Å². The fourth-order valence-corrected chi connectivity index (χ4v) is 1.61. The van der Waals surface area contributed by atoms with Crippen molar-refractivity contribution in [2.75, 3.05) is 0 Å². The van der Waals surface area contributed by atoms with Crippen LogP contribution in [0.15, 0.2) is 42.5 Å². The highest BCUT2D eigenvalue weighted by Gasteiger charge is 2.23. The molecule has 0 aliphatic rings. The first-order chi connectivity index (χ1) is 8.46. The minimum atomic E-state index is -4.59. The number of rotatable bonds is 1. The zero-order chi connectivity index (χ0) is 13.2. The van der Waals surface area contributed by atoms with E-state index in [1.54, 1.807) is 24.1 Å². The maximum absolute atomic E-state index is 11.9. The lowest BCUT2D eigenvalue weighted by Gasteiger charge is -2.05. The van der Waals surface area contributed by atoms with Crippen LogP contribution in [0.4, 0.5) is 13.2 Å². The highest BCUT2D eigenvalue weighted by atomic mass is 19.4. The first-order valence-corrected chi connectivity index (χ1v) is 5.22. The number of aliphatic hydroxyl groups is 1. The minimum absolute atomic E-state index is 0.352. The second-order valence-electron chi connectivity index (χ2n) is 3.78. The molecule has 2 rings (SSSR count). The van der Waals surface area contributed by atoms with Gasteiger partial charge in [0.1, 0.15) is 6.10 Å². The fourth-order valence-electron chi connectivity index (χ4n) is 1.61. The number of halogens is 3. The molecule has 0 bridgehead atoms. The van der Waals surface area contributed by atoms with E-state index in [4.69, 9.17) is 0 Å². The minimum Gasteiger partial charge on any atom is -0.376 e. The van der Waals surface area contributed by atoms with Crippen molar-refractivity contribution in [3.8, 4) is 11.8 Å². The van der Waals surface area contributed by atoms with Crippen molar-refractivity contribution in [3.63, 3.8) is 0 Å². The van der Waals surface area contributed by atoms with E-state index >= 15 is 0 Å². The number of alkyl halides is 3. The second kappa shape index (κ2) is 4.71. The highest BCUT2D eigenvalue weighted by molar-refractivity contribution is 5.83. The average Bonchev–Trinajstić information content (AvgIpc) is 2.34. The molecule has 1 nitrogen and oxygen atoms in total. The summed E-state index contributed by atoms with van der Waals surface area (Å²) in [7, 11) is 0. The third-order valence-corrected chi connectivity index (χ3v) is 2.44. The van der Waals surface area contributed by atoms with Crippen molar-refractivity contribution in [2.45, 2.75) is 12.3 Å². The van der Waals surface area contributed by atoms with Gasteiger partial charge in [-0.1, -0.05) is 42.3 Å². The molecule has 0 aromatic heterocycles. The molecule has 0 aliphatic heterocycles. The van der Waals surface area contributed by atoms with E-state index < -0.39 is 12.3 Å². The Kier molecular flexibility index (Phi) is 3.26. The van der Waals surface area contributed by atoms with E-state index in [-0.39, 0.29) is 0 Å². The number of benzene rings is 2. The van der Waals surface area contributed by atoms with Crippen molar-refractivity contribution in [1.82, 2.24) is 0 Å². The van der Waals surface area contributed by atoms with Gasteiger partial charge in [0.05, 0.1) is 0 Å². The standard InChI is InChI=1S/C14H9F3O/c15-14(16,17)8-7-13(18)12-6-5-10-3-1-2-4-11(10)9-12/h1-6,9,13,18H. The van der Waals surface area contributed by atoms with E-state index in [9.17, 15) is 18.3 Å². The van der Waals surface area contributed by atoms with E-state index in [2.05, 4.69) is 0 Å². The second-order valence-corrected chi connectivity index (χ2v) is 3.78. The number of hydrogen-bond donors (Lipinski definition) is 1. The quantitative estimate of drug-likeness (QED) is 0.769. The molecule has 1 N–H and O–H groups in total. The predicted octanol–water partition coefficient (Wildman–Crippen LogP) is 3.44. The van der Waals surface area contributed by atoms with Crippen LogP contribution in [0.3, 0.4) is 0 Å². The third kappa shape index (κ3) is 3.02.